The molecule has 0 spiro atoms. The molecule has 0 fully saturated rings. The molecule has 0 bridgehead atoms. The third-order valence-corrected chi connectivity index (χ3v) is 3.28. The average molecular weight is 267 g/mol. The standard InChI is InChI=1S/C16H17N3O/c1-11(2)10-19-14-8-4-3-7-13(14)18-15-12(16(19)20)6-5-9-17-15/h3-9,11H,10H2,1-2H3,(H,17,18). The number of carbonyl (C=O) groups is 1. The maximum absolute atomic E-state index is 12.8. The van der Waals surface area contributed by atoms with Crippen LogP contribution in [0.5, 0.6) is 0 Å². The van der Waals surface area contributed by atoms with E-state index >= 15 is 0 Å². The topological polar surface area (TPSA) is 45.2 Å². The Morgan fingerprint density at radius 3 is 2.80 bits per heavy atom. The number of nitrogens with one attached hydrogen (secondary N) is 1. The zero-order valence-electron chi connectivity index (χ0n) is 11.6. The van der Waals surface area contributed by atoms with Gasteiger partial charge in [0.1, 0.15) is 5.82 Å². The zero-order chi connectivity index (χ0) is 14.1. The van der Waals surface area contributed by atoms with Crippen LogP contribution in [0.1, 0.15) is 24.2 Å². The summed E-state index contributed by atoms with van der Waals surface area (Å²) >= 11 is 0. The van der Waals surface area contributed by atoms with Gasteiger partial charge in [-0.3, -0.25) is 4.79 Å². The number of hydrogen-bond donors (Lipinski definition) is 1. The zero-order valence-corrected chi connectivity index (χ0v) is 11.6. The van der Waals surface area contributed by atoms with Crippen LogP contribution in [0.25, 0.3) is 0 Å². The number of hydrogen-bond acceptors (Lipinski definition) is 3. The molecule has 3 rings (SSSR count). The first-order chi connectivity index (χ1) is 9.66. The summed E-state index contributed by atoms with van der Waals surface area (Å²) < 4.78 is 0. The summed E-state index contributed by atoms with van der Waals surface area (Å²) in [5.74, 6) is 1.01. The second-order valence-electron chi connectivity index (χ2n) is 5.35. The summed E-state index contributed by atoms with van der Waals surface area (Å²) in [5.41, 5.74) is 2.44. The molecule has 0 saturated heterocycles. The molecule has 0 saturated carbocycles. The molecular weight excluding hydrogens is 250 g/mol. The normalized spacial score (nSPS) is 13.6. The van der Waals surface area contributed by atoms with Crippen molar-refractivity contribution in [1.82, 2.24) is 4.98 Å². The number of carbonyl (C=O) groups excluding carboxylic acids is 1. The maximum Gasteiger partial charge on any atom is 0.262 e. The van der Waals surface area contributed by atoms with Crippen LogP contribution in [-0.4, -0.2) is 17.4 Å². The molecule has 20 heavy (non-hydrogen) atoms. The van der Waals surface area contributed by atoms with Crippen LogP contribution in [0.2, 0.25) is 0 Å². The molecule has 1 amide bonds. The molecule has 2 heterocycles. The van der Waals surface area contributed by atoms with Gasteiger partial charge < -0.3 is 10.2 Å². The minimum Gasteiger partial charge on any atom is -0.338 e. The van der Waals surface area contributed by atoms with Crippen molar-refractivity contribution >= 4 is 23.1 Å². The number of benzene rings is 1. The lowest BCUT2D eigenvalue weighted by molar-refractivity contribution is 0.0985. The summed E-state index contributed by atoms with van der Waals surface area (Å²) in [6.45, 7) is 4.91. The highest BCUT2D eigenvalue weighted by Gasteiger charge is 2.27. The van der Waals surface area contributed by atoms with E-state index in [0.29, 0.717) is 23.8 Å². The summed E-state index contributed by atoms with van der Waals surface area (Å²) in [6.07, 6.45) is 1.69. The maximum atomic E-state index is 12.8. The highest BCUT2D eigenvalue weighted by atomic mass is 16.2. The Hall–Kier alpha value is -2.36. The van der Waals surface area contributed by atoms with Crippen LogP contribution in [0.15, 0.2) is 42.6 Å². The number of aromatic nitrogens is 1. The van der Waals surface area contributed by atoms with E-state index < -0.39 is 0 Å². The fourth-order valence-electron chi connectivity index (χ4n) is 2.42. The van der Waals surface area contributed by atoms with E-state index in [1.54, 1.807) is 12.3 Å². The van der Waals surface area contributed by atoms with Gasteiger partial charge in [-0.05, 0) is 30.2 Å². The second kappa shape index (κ2) is 4.96. The Labute approximate surface area is 118 Å². The van der Waals surface area contributed by atoms with Crippen molar-refractivity contribution in [2.24, 2.45) is 5.92 Å². The van der Waals surface area contributed by atoms with Gasteiger partial charge in [0.2, 0.25) is 0 Å². The number of anilines is 3. The second-order valence-corrected chi connectivity index (χ2v) is 5.35. The summed E-state index contributed by atoms with van der Waals surface area (Å²) in [4.78, 5) is 18.9. The van der Waals surface area contributed by atoms with E-state index in [1.165, 1.54) is 0 Å². The SMILES string of the molecule is CC(C)CN1C(=O)c2cccnc2Nc2ccccc21. The van der Waals surface area contributed by atoms with E-state index in [-0.39, 0.29) is 5.91 Å². The molecule has 1 aliphatic heterocycles. The summed E-state index contributed by atoms with van der Waals surface area (Å²) in [6, 6.07) is 11.5. The number of nitrogens with zero attached hydrogens (tertiary/aromatic N) is 2. The fraction of sp³-hybridized carbons (Fsp3) is 0.250. The van der Waals surface area contributed by atoms with Crippen molar-refractivity contribution < 1.29 is 4.79 Å². The quantitative estimate of drug-likeness (QED) is 0.906. The van der Waals surface area contributed by atoms with Crippen molar-refractivity contribution in [3.8, 4) is 0 Å². The summed E-state index contributed by atoms with van der Waals surface area (Å²) in [7, 11) is 0. The molecule has 4 nitrogen and oxygen atoms in total. The Morgan fingerprint density at radius 1 is 1.20 bits per heavy atom. The van der Waals surface area contributed by atoms with Gasteiger partial charge in [-0.1, -0.05) is 26.0 Å². The molecular formula is C16H17N3O. The third-order valence-electron chi connectivity index (χ3n) is 3.28. The number of pyridine rings is 1. The van der Waals surface area contributed by atoms with Crippen molar-refractivity contribution in [3.63, 3.8) is 0 Å². The highest BCUT2D eigenvalue weighted by molar-refractivity contribution is 6.12. The highest BCUT2D eigenvalue weighted by Crippen LogP contribution is 2.34. The van der Waals surface area contributed by atoms with E-state index in [1.807, 2.05) is 35.2 Å². The molecule has 0 unspecified atom stereocenters. The van der Waals surface area contributed by atoms with Crippen molar-refractivity contribution in [3.05, 3.63) is 48.2 Å². The number of fused-ring (bicyclic) bond motifs is 2. The van der Waals surface area contributed by atoms with Crippen molar-refractivity contribution in [1.29, 1.82) is 0 Å². The molecule has 0 aliphatic carbocycles. The van der Waals surface area contributed by atoms with E-state index in [4.69, 9.17) is 0 Å². The number of amides is 1. The van der Waals surface area contributed by atoms with E-state index in [0.717, 1.165) is 11.4 Å². The largest absolute Gasteiger partial charge is 0.338 e. The van der Waals surface area contributed by atoms with Crippen molar-refractivity contribution in [2.75, 3.05) is 16.8 Å². The Kier molecular flexibility index (Phi) is 3.14. The monoisotopic (exact) mass is 267 g/mol. The van der Waals surface area contributed by atoms with Crippen LogP contribution in [0, 0.1) is 5.92 Å². The van der Waals surface area contributed by atoms with E-state index in [9.17, 15) is 4.79 Å². The molecule has 0 atom stereocenters. The molecule has 2 aromatic rings. The van der Waals surface area contributed by atoms with E-state index in [2.05, 4.69) is 24.1 Å². The molecule has 4 heteroatoms. The Bertz CT molecular complexity index is 652. The van der Waals surface area contributed by atoms with Gasteiger partial charge in [-0.2, -0.15) is 0 Å². The lowest BCUT2D eigenvalue weighted by atomic mass is 10.1. The lowest BCUT2D eigenvalue weighted by Crippen LogP contribution is -2.33. The van der Waals surface area contributed by atoms with Gasteiger partial charge in [0, 0.05) is 12.7 Å². The van der Waals surface area contributed by atoms with Gasteiger partial charge in [0.15, 0.2) is 0 Å². The summed E-state index contributed by atoms with van der Waals surface area (Å²) in [5, 5.41) is 3.26. The molecule has 1 aromatic heterocycles. The van der Waals surface area contributed by atoms with Gasteiger partial charge in [0.25, 0.3) is 5.91 Å². The smallest absolute Gasteiger partial charge is 0.262 e. The first-order valence-corrected chi connectivity index (χ1v) is 6.80. The molecule has 1 aromatic carbocycles. The predicted molar refractivity (Wildman–Crippen MR) is 80.5 cm³/mol. The van der Waals surface area contributed by atoms with Crippen molar-refractivity contribution in [2.45, 2.75) is 13.8 Å². The van der Waals surface area contributed by atoms with Crippen LogP contribution in [0.3, 0.4) is 0 Å². The Morgan fingerprint density at radius 2 is 2.00 bits per heavy atom. The molecule has 102 valence electrons. The molecule has 0 radical (unpaired) electrons. The fourth-order valence-corrected chi connectivity index (χ4v) is 2.42. The van der Waals surface area contributed by atoms with Crippen LogP contribution < -0.4 is 10.2 Å². The lowest BCUT2D eigenvalue weighted by Gasteiger charge is -2.24. The minimum absolute atomic E-state index is 0.000694. The Balaban J connectivity index is 2.16. The first kappa shape index (κ1) is 12.7. The van der Waals surface area contributed by atoms with Gasteiger partial charge in [-0.25, -0.2) is 4.98 Å². The third kappa shape index (κ3) is 2.13. The van der Waals surface area contributed by atoms with Crippen LogP contribution in [-0.2, 0) is 0 Å². The average Bonchev–Trinajstić information content (AvgIpc) is 2.55. The van der Waals surface area contributed by atoms with Gasteiger partial charge in [-0.15, -0.1) is 0 Å². The number of para-hydroxylation sites is 2. The molecule has 1 N–H and O–H groups in total. The van der Waals surface area contributed by atoms with Crippen LogP contribution in [0.4, 0.5) is 17.2 Å². The predicted octanol–water partition coefficient (Wildman–Crippen LogP) is 3.44. The number of rotatable bonds is 2. The van der Waals surface area contributed by atoms with Crippen LogP contribution >= 0.6 is 0 Å². The minimum atomic E-state index is -0.000694. The first-order valence-electron chi connectivity index (χ1n) is 6.80. The van der Waals surface area contributed by atoms with Gasteiger partial charge in [0.05, 0.1) is 16.9 Å². The molecule has 1 aliphatic rings. The van der Waals surface area contributed by atoms with Gasteiger partial charge >= 0.3 is 0 Å².